The lowest BCUT2D eigenvalue weighted by Crippen LogP contribution is -2.25. The highest BCUT2D eigenvalue weighted by atomic mass is 16.5. The van der Waals surface area contributed by atoms with E-state index in [1.165, 1.54) is 18.2 Å². The van der Waals surface area contributed by atoms with Gasteiger partial charge in [0, 0.05) is 18.3 Å². The Morgan fingerprint density at radius 2 is 1.48 bits per heavy atom. The Hall–Kier alpha value is -2.98. The number of carbonyl (C=O) groups excluding carboxylic acids is 2. The quantitative estimate of drug-likeness (QED) is 0.276. The smallest absolute Gasteiger partial charge is 0.339 e. The molecule has 0 spiro atoms. The maximum atomic E-state index is 11.3. The molecular weight excluding hydrogens is 412 g/mol. The van der Waals surface area contributed by atoms with Crippen molar-refractivity contribution < 1.29 is 49.1 Å². The van der Waals surface area contributed by atoms with Gasteiger partial charge in [-0.3, -0.25) is 9.59 Å². The summed E-state index contributed by atoms with van der Waals surface area (Å²) in [5, 5.41) is 34.5. The summed E-state index contributed by atoms with van der Waals surface area (Å²) in [6, 6.07) is 5.75. The number of aromatic carboxylic acids is 1. The second kappa shape index (κ2) is 14.9. The van der Waals surface area contributed by atoms with Crippen molar-refractivity contribution in [3.8, 4) is 0 Å². The fraction of sp³-hybridized carbons (Fsp3) is 0.524. The molecule has 0 unspecified atom stereocenters. The van der Waals surface area contributed by atoms with Crippen molar-refractivity contribution in [2.24, 2.45) is 5.41 Å². The summed E-state index contributed by atoms with van der Waals surface area (Å²) in [4.78, 5) is 43.5. The Kier molecular flexibility index (Phi) is 13.5. The maximum absolute atomic E-state index is 11.3. The van der Waals surface area contributed by atoms with Crippen LogP contribution in [0.3, 0.4) is 0 Å². The van der Waals surface area contributed by atoms with Crippen LogP contribution in [0.2, 0.25) is 0 Å². The fourth-order valence-electron chi connectivity index (χ4n) is 2.00. The molecule has 0 amide bonds. The van der Waals surface area contributed by atoms with Gasteiger partial charge >= 0.3 is 23.9 Å². The van der Waals surface area contributed by atoms with Crippen LogP contribution in [0.4, 0.5) is 0 Å². The normalized spacial score (nSPS) is 10.5. The zero-order chi connectivity index (χ0) is 23.9. The summed E-state index contributed by atoms with van der Waals surface area (Å²) < 4.78 is 9.57. The lowest BCUT2D eigenvalue weighted by molar-refractivity contribution is -0.148. The molecule has 0 aromatic heterocycles. The van der Waals surface area contributed by atoms with Gasteiger partial charge in [-0.2, -0.15) is 0 Å². The minimum absolute atomic E-state index is 0.0153. The van der Waals surface area contributed by atoms with Gasteiger partial charge in [0.25, 0.3) is 0 Å². The minimum Gasteiger partial charge on any atom is -0.481 e. The van der Waals surface area contributed by atoms with Crippen LogP contribution in [-0.4, -0.2) is 70.7 Å². The van der Waals surface area contributed by atoms with E-state index in [1.54, 1.807) is 19.9 Å². The monoisotopic (exact) mass is 442 g/mol. The van der Waals surface area contributed by atoms with Crippen LogP contribution in [-0.2, 0) is 19.1 Å². The summed E-state index contributed by atoms with van der Waals surface area (Å²) in [5.74, 6) is -3.13. The highest BCUT2D eigenvalue weighted by molar-refractivity contribution is 6.02. The molecule has 0 heterocycles. The molecule has 0 bridgehead atoms. The largest absolute Gasteiger partial charge is 0.481 e. The second-order valence-electron chi connectivity index (χ2n) is 7.29. The molecule has 1 aromatic carbocycles. The molecule has 0 atom stereocenters. The van der Waals surface area contributed by atoms with E-state index in [9.17, 15) is 19.2 Å². The highest BCUT2D eigenvalue weighted by Gasteiger charge is 2.19. The number of rotatable bonds is 12. The number of carboxylic acids is 2. The fourth-order valence-corrected chi connectivity index (χ4v) is 2.00. The Morgan fingerprint density at radius 1 is 0.903 bits per heavy atom. The predicted molar refractivity (Wildman–Crippen MR) is 109 cm³/mol. The predicted octanol–water partition coefficient (Wildman–Crippen LogP) is 1.73. The van der Waals surface area contributed by atoms with E-state index in [0.29, 0.717) is 12.8 Å². The number of esters is 2. The molecule has 0 saturated heterocycles. The first-order chi connectivity index (χ1) is 14.5. The molecule has 1 rings (SSSR count). The Labute approximate surface area is 180 Å². The van der Waals surface area contributed by atoms with Crippen LogP contribution in [0.25, 0.3) is 0 Å². The molecule has 0 radical (unpaired) electrons. The molecule has 10 heteroatoms. The number of benzene rings is 1. The van der Waals surface area contributed by atoms with Crippen molar-refractivity contribution in [1.29, 1.82) is 0 Å². The van der Waals surface area contributed by atoms with Crippen molar-refractivity contribution >= 4 is 23.9 Å². The van der Waals surface area contributed by atoms with Crippen LogP contribution in [0, 0.1) is 5.41 Å². The maximum Gasteiger partial charge on any atom is 0.339 e. The number of aliphatic hydroxyl groups excluding tert-OH is 2. The van der Waals surface area contributed by atoms with Crippen molar-refractivity contribution in [2.45, 2.75) is 39.5 Å². The Morgan fingerprint density at radius 3 is 2.00 bits per heavy atom. The van der Waals surface area contributed by atoms with Crippen molar-refractivity contribution in [3.63, 3.8) is 0 Å². The molecule has 0 fully saturated rings. The third kappa shape index (κ3) is 13.0. The van der Waals surface area contributed by atoms with Gasteiger partial charge in [-0.15, -0.1) is 0 Å². The van der Waals surface area contributed by atoms with E-state index < -0.39 is 23.3 Å². The molecule has 31 heavy (non-hydrogen) atoms. The number of unbranched alkanes of at least 4 members (excludes halogenated alkanes) is 1. The van der Waals surface area contributed by atoms with Gasteiger partial charge in [-0.25, -0.2) is 9.59 Å². The summed E-state index contributed by atoms with van der Waals surface area (Å²) in [5.41, 5.74) is -0.546. The first-order valence-corrected chi connectivity index (χ1v) is 9.62. The van der Waals surface area contributed by atoms with E-state index in [0.717, 1.165) is 0 Å². The van der Waals surface area contributed by atoms with E-state index in [4.69, 9.17) is 25.2 Å². The van der Waals surface area contributed by atoms with Gasteiger partial charge in [-0.05, 0) is 25.0 Å². The van der Waals surface area contributed by atoms with Crippen LogP contribution in [0.5, 0.6) is 0 Å². The molecule has 0 saturated carbocycles. The molecule has 4 N–H and O–H groups in total. The van der Waals surface area contributed by atoms with Crippen LogP contribution in [0.15, 0.2) is 24.3 Å². The van der Waals surface area contributed by atoms with E-state index >= 15 is 0 Å². The Balaban J connectivity index is 0.000000581. The number of carboxylic acid groups (broad SMARTS) is 2. The standard InChI is InChI=1S/C11H20O5.C10H10O5/c1-11(2,7-12)8-16-10(15)6-4-3-5-9(13)14;11-5-6-15-10(14)8-4-2-1-3-7(8)9(12)13/h12H,3-8H2,1-2H3,(H,13,14);1-4,11H,5-6H2,(H,12,13). The first-order valence-electron chi connectivity index (χ1n) is 9.62. The number of hydrogen-bond donors (Lipinski definition) is 4. The lowest BCUT2D eigenvalue weighted by Gasteiger charge is -2.20. The van der Waals surface area contributed by atoms with Gasteiger partial charge in [-0.1, -0.05) is 26.0 Å². The molecule has 0 aliphatic heterocycles. The van der Waals surface area contributed by atoms with Crippen molar-refractivity contribution in [1.82, 2.24) is 0 Å². The van der Waals surface area contributed by atoms with Gasteiger partial charge in [0.05, 0.1) is 30.9 Å². The van der Waals surface area contributed by atoms with Crippen LogP contribution in [0.1, 0.15) is 60.2 Å². The molecule has 10 nitrogen and oxygen atoms in total. The molecule has 0 aliphatic rings. The third-order valence-corrected chi connectivity index (χ3v) is 3.78. The molecule has 0 aliphatic carbocycles. The zero-order valence-electron chi connectivity index (χ0n) is 17.7. The average Bonchev–Trinajstić information content (AvgIpc) is 2.74. The van der Waals surface area contributed by atoms with Gasteiger partial charge in [0.2, 0.25) is 0 Å². The zero-order valence-corrected chi connectivity index (χ0v) is 17.7. The number of ether oxygens (including phenoxy) is 2. The van der Waals surface area contributed by atoms with Gasteiger partial charge in [0.1, 0.15) is 6.61 Å². The topological polar surface area (TPSA) is 168 Å². The van der Waals surface area contributed by atoms with Crippen molar-refractivity contribution in [2.75, 3.05) is 26.4 Å². The molecular formula is C21H30O10. The first kappa shape index (κ1) is 28.0. The van der Waals surface area contributed by atoms with E-state index in [1.807, 2.05) is 0 Å². The average molecular weight is 442 g/mol. The lowest BCUT2D eigenvalue weighted by atomic mass is 9.97. The number of aliphatic carboxylic acids is 1. The summed E-state index contributed by atoms with van der Waals surface area (Å²) in [6.45, 7) is 3.30. The SMILES string of the molecule is CC(C)(CO)COC(=O)CCCCC(=O)O.O=C(O)c1ccccc1C(=O)OCCO. The minimum atomic E-state index is -1.19. The van der Waals surface area contributed by atoms with Crippen molar-refractivity contribution in [3.05, 3.63) is 35.4 Å². The summed E-state index contributed by atoms with van der Waals surface area (Å²) in [7, 11) is 0. The summed E-state index contributed by atoms with van der Waals surface area (Å²) in [6.07, 6.45) is 1.31. The van der Waals surface area contributed by atoms with E-state index in [-0.39, 0.29) is 56.4 Å². The third-order valence-electron chi connectivity index (χ3n) is 3.78. The van der Waals surface area contributed by atoms with Crippen LogP contribution < -0.4 is 0 Å². The summed E-state index contributed by atoms with van der Waals surface area (Å²) >= 11 is 0. The molecule has 174 valence electrons. The number of aliphatic hydroxyl groups is 2. The second-order valence-corrected chi connectivity index (χ2v) is 7.29. The number of hydrogen-bond acceptors (Lipinski definition) is 8. The van der Waals surface area contributed by atoms with E-state index in [2.05, 4.69) is 4.74 Å². The molecule has 1 aromatic rings. The van der Waals surface area contributed by atoms with Crippen LogP contribution >= 0.6 is 0 Å². The highest BCUT2D eigenvalue weighted by Crippen LogP contribution is 2.14. The number of carbonyl (C=O) groups is 4. The van der Waals surface area contributed by atoms with Gasteiger partial charge in [0.15, 0.2) is 0 Å². The Bertz CT molecular complexity index is 727. The van der Waals surface area contributed by atoms with Gasteiger partial charge < -0.3 is 29.9 Å².